The summed E-state index contributed by atoms with van der Waals surface area (Å²) in [7, 11) is 3.69. The molecule has 0 spiro atoms. The fourth-order valence-electron chi connectivity index (χ4n) is 2.11. The van der Waals surface area contributed by atoms with Crippen molar-refractivity contribution in [3.63, 3.8) is 0 Å². The lowest BCUT2D eigenvalue weighted by Crippen LogP contribution is -2.50. The zero-order chi connectivity index (χ0) is 14.5. The number of hydrogen-bond acceptors (Lipinski definition) is 3. The van der Waals surface area contributed by atoms with Crippen LogP contribution < -0.4 is 15.4 Å². The molecule has 0 heterocycles. The number of likely N-dealkylation sites (N-methyl/N-ethyl adjacent to an activating group) is 1. The molecule has 1 aromatic rings. The molecule has 0 unspecified atom stereocenters. The number of rotatable bonds is 7. The van der Waals surface area contributed by atoms with Crippen LogP contribution in [-0.2, 0) is 5.41 Å². The molecule has 0 bridgehead atoms. The predicted octanol–water partition coefficient (Wildman–Crippen LogP) is 2.56. The van der Waals surface area contributed by atoms with Crippen molar-refractivity contribution in [2.24, 2.45) is 0 Å². The van der Waals surface area contributed by atoms with Crippen molar-refractivity contribution in [3.05, 3.63) is 29.8 Å². The van der Waals surface area contributed by atoms with Gasteiger partial charge in [0.25, 0.3) is 0 Å². The van der Waals surface area contributed by atoms with Crippen LogP contribution in [0.2, 0.25) is 0 Å². The van der Waals surface area contributed by atoms with Crippen molar-refractivity contribution >= 4 is 0 Å². The molecule has 0 saturated carbocycles. The molecule has 0 atom stereocenters. The summed E-state index contributed by atoms with van der Waals surface area (Å²) in [4.78, 5) is 0. The van der Waals surface area contributed by atoms with E-state index in [0.29, 0.717) is 0 Å². The van der Waals surface area contributed by atoms with Gasteiger partial charge in [-0.2, -0.15) is 0 Å². The van der Waals surface area contributed by atoms with Gasteiger partial charge in [-0.05, 0) is 38.6 Å². The molecular weight excluding hydrogens is 236 g/mol. The van der Waals surface area contributed by atoms with Gasteiger partial charge in [0.2, 0.25) is 0 Å². The van der Waals surface area contributed by atoms with E-state index < -0.39 is 0 Å². The van der Waals surface area contributed by atoms with Crippen LogP contribution in [0.4, 0.5) is 0 Å². The summed E-state index contributed by atoms with van der Waals surface area (Å²) in [6.45, 7) is 10.8. The standard InChI is InChI=1S/C16H28N2O/c1-15(2,11-18-16(3,4)12-17-5)13-8-7-9-14(10-13)19-6/h7-10,17-18H,11-12H2,1-6H3. The summed E-state index contributed by atoms with van der Waals surface area (Å²) in [5.41, 5.74) is 1.45. The zero-order valence-electron chi connectivity index (χ0n) is 13.1. The lowest BCUT2D eigenvalue weighted by atomic mass is 9.83. The van der Waals surface area contributed by atoms with Crippen LogP contribution in [0, 0.1) is 0 Å². The lowest BCUT2D eigenvalue weighted by Gasteiger charge is -2.33. The Kier molecular flexibility index (Phi) is 5.39. The molecular formula is C16H28N2O. The Bertz CT molecular complexity index is 399. The van der Waals surface area contributed by atoms with E-state index in [1.54, 1.807) is 7.11 Å². The minimum Gasteiger partial charge on any atom is -0.497 e. The first-order valence-corrected chi connectivity index (χ1v) is 6.85. The Morgan fingerprint density at radius 2 is 1.79 bits per heavy atom. The van der Waals surface area contributed by atoms with Crippen molar-refractivity contribution < 1.29 is 4.74 Å². The summed E-state index contributed by atoms with van der Waals surface area (Å²) >= 11 is 0. The van der Waals surface area contributed by atoms with Gasteiger partial charge in [-0.1, -0.05) is 26.0 Å². The average Bonchev–Trinajstić information content (AvgIpc) is 2.37. The van der Waals surface area contributed by atoms with E-state index in [9.17, 15) is 0 Å². The van der Waals surface area contributed by atoms with Crippen LogP contribution >= 0.6 is 0 Å². The second kappa shape index (κ2) is 6.40. The van der Waals surface area contributed by atoms with E-state index in [1.165, 1.54) is 5.56 Å². The molecule has 0 aliphatic carbocycles. The molecule has 0 radical (unpaired) electrons. The molecule has 0 amide bonds. The third-order valence-electron chi connectivity index (χ3n) is 3.48. The molecule has 0 aliphatic heterocycles. The Morgan fingerprint density at radius 3 is 2.37 bits per heavy atom. The molecule has 0 aliphatic rings. The van der Waals surface area contributed by atoms with Gasteiger partial charge < -0.3 is 15.4 Å². The number of hydrogen-bond donors (Lipinski definition) is 2. The minimum atomic E-state index is 0.0690. The number of methoxy groups -OCH3 is 1. The fourth-order valence-corrected chi connectivity index (χ4v) is 2.11. The summed E-state index contributed by atoms with van der Waals surface area (Å²) < 4.78 is 5.30. The summed E-state index contributed by atoms with van der Waals surface area (Å²) in [5, 5.41) is 6.85. The number of nitrogens with one attached hydrogen (secondary N) is 2. The smallest absolute Gasteiger partial charge is 0.119 e. The highest BCUT2D eigenvalue weighted by atomic mass is 16.5. The summed E-state index contributed by atoms with van der Waals surface area (Å²) in [5.74, 6) is 0.917. The highest BCUT2D eigenvalue weighted by Gasteiger charge is 2.25. The molecule has 108 valence electrons. The first kappa shape index (κ1) is 16.0. The second-order valence-electron chi connectivity index (χ2n) is 6.38. The molecule has 19 heavy (non-hydrogen) atoms. The van der Waals surface area contributed by atoms with Crippen LogP contribution in [-0.4, -0.2) is 32.8 Å². The quantitative estimate of drug-likeness (QED) is 0.794. The normalized spacial score (nSPS) is 12.5. The van der Waals surface area contributed by atoms with Crippen LogP contribution in [0.3, 0.4) is 0 Å². The Morgan fingerprint density at radius 1 is 1.11 bits per heavy atom. The first-order valence-electron chi connectivity index (χ1n) is 6.85. The maximum Gasteiger partial charge on any atom is 0.119 e. The molecule has 2 N–H and O–H groups in total. The van der Waals surface area contributed by atoms with Gasteiger partial charge in [0.1, 0.15) is 5.75 Å². The molecule has 0 saturated heterocycles. The van der Waals surface area contributed by atoms with Gasteiger partial charge in [0.05, 0.1) is 7.11 Å². The predicted molar refractivity (Wildman–Crippen MR) is 82.0 cm³/mol. The SMILES string of the molecule is CNCC(C)(C)NCC(C)(C)c1cccc(OC)c1. The first-order chi connectivity index (χ1) is 8.80. The van der Waals surface area contributed by atoms with Gasteiger partial charge in [0.15, 0.2) is 0 Å². The van der Waals surface area contributed by atoms with Gasteiger partial charge in [-0.3, -0.25) is 0 Å². The Balaban J connectivity index is 2.74. The second-order valence-corrected chi connectivity index (χ2v) is 6.38. The summed E-state index contributed by atoms with van der Waals surface area (Å²) in [6, 6.07) is 8.31. The Hall–Kier alpha value is -1.06. The van der Waals surface area contributed by atoms with E-state index >= 15 is 0 Å². The van der Waals surface area contributed by atoms with Crippen molar-refractivity contribution in [3.8, 4) is 5.75 Å². The van der Waals surface area contributed by atoms with Gasteiger partial charge >= 0.3 is 0 Å². The van der Waals surface area contributed by atoms with Crippen molar-refractivity contribution in [2.75, 3.05) is 27.2 Å². The maximum absolute atomic E-state index is 5.30. The molecule has 0 fully saturated rings. The third-order valence-corrected chi connectivity index (χ3v) is 3.48. The van der Waals surface area contributed by atoms with E-state index in [-0.39, 0.29) is 11.0 Å². The highest BCUT2D eigenvalue weighted by molar-refractivity contribution is 5.33. The minimum absolute atomic E-state index is 0.0690. The molecule has 1 rings (SSSR count). The highest BCUT2D eigenvalue weighted by Crippen LogP contribution is 2.26. The fraction of sp³-hybridized carbons (Fsp3) is 0.625. The lowest BCUT2D eigenvalue weighted by molar-refractivity contribution is 0.332. The van der Waals surface area contributed by atoms with Gasteiger partial charge in [0, 0.05) is 24.0 Å². The van der Waals surface area contributed by atoms with Crippen LogP contribution in [0.25, 0.3) is 0 Å². The molecule has 0 aromatic heterocycles. The monoisotopic (exact) mass is 264 g/mol. The topological polar surface area (TPSA) is 33.3 Å². The van der Waals surface area contributed by atoms with Crippen molar-refractivity contribution in [1.82, 2.24) is 10.6 Å². The average molecular weight is 264 g/mol. The number of benzene rings is 1. The van der Waals surface area contributed by atoms with Gasteiger partial charge in [-0.25, -0.2) is 0 Å². The maximum atomic E-state index is 5.30. The van der Waals surface area contributed by atoms with Crippen molar-refractivity contribution in [1.29, 1.82) is 0 Å². The Labute approximate surface area is 117 Å². The van der Waals surface area contributed by atoms with E-state index in [0.717, 1.165) is 18.8 Å². The van der Waals surface area contributed by atoms with E-state index in [1.807, 2.05) is 13.1 Å². The van der Waals surface area contributed by atoms with Crippen LogP contribution in [0.15, 0.2) is 24.3 Å². The van der Waals surface area contributed by atoms with Crippen molar-refractivity contribution in [2.45, 2.75) is 38.6 Å². The van der Waals surface area contributed by atoms with Crippen LogP contribution in [0.5, 0.6) is 5.75 Å². The van der Waals surface area contributed by atoms with E-state index in [4.69, 9.17) is 4.74 Å². The van der Waals surface area contributed by atoms with Gasteiger partial charge in [-0.15, -0.1) is 0 Å². The number of ether oxygens (including phenoxy) is 1. The molecule has 1 aromatic carbocycles. The molecule has 3 heteroatoms. The van der Waals surface area contributed by atoms with E-state index in [2.05, 4.69) is 56.5 Å². The van der Waals surface area contributed by atoms with Crippen LogP contribution in [0.1, 0.15) is 33.3 Å². The zero-order valence-corrected chi connectivity index (χ0v) is 13.1. The summed E-state index contributed by atoms with van der Waals surface area (Å²) in [6.07, 6.45) is 0. The third kappa shape index (κ3) is 4.84. The molecule has 3 nitrogen and oxygen atoms in total. The largest absolute Gasteiger partial charge is 0.497 e.